The zero-order chi connectivity index (χ0) is 11.3. The molecule has 5 heteroatoms. The Morgan fingerprint density at radius 1 is 1.73 bits per heavy atom. The van der Waals surface area contributed by atoms with E-state index in [9.17, 15) is 4.79 Å². The molecule has 1 heterocycles. The van der Waals surface area contributed by atoms with Crippen LogP contribution >= 0.6 is 0 Å². The summed E-state index contributed by atoms with van der Waals surface area (Å²) in [6, 6.07) is 1.76. The number of carbonyl (C=O) groups is 1. The average molecular weight is 211 g/mol. The molecule has 1 aromatic heterocycles. The minimum atomic E-state index is -0.0214. The molecule has 1 unspecified atom stereocenters. The highest BCUT2D eigenvalue weighted by molar-refractivity contribution is 5.78. The third kappa shape index (κ3) is 3.36. The van der Waals surface area contributed by atoms with Gasteiger partial charge in [0.25, 0.3) is 0 Å². The SMILES string of the molecule is CNCC(C)C(=O)N(C)Cc1ccon1. The minimum absolute atomic E-state index is 0.0214. The quantitative estimate of drug-likeness (QED) is 0.770. The second kappa shape index (κ2) is 5.50. The van der Waals surface area contributed by atoms with Crippen LogP contribution in [-0.4, -0.2) is 36.6 Å². The summed E-state index contributed by atoms with van der Waals surface area (Å²) in [6.45, 7) is 3.07. The van der Waals surface area contributed by atoms with Gasteiger partial charge in [-0.15, -0.1) is 0 Å². The van der Waals surface area contributed by atoms with Crippen molar-refractivity contribution in [2.24, 2.45) is 5.92 Å². The molecule has 0 spiro atoms. The van der Waals surface area contributed by atoms with Crippen molar-refractivity contribution < 1.29 is 9.32 Å². The molecule has 0 aromatic carbocycles. The van der Waals surface area contributed by atoms with Gasteiger partial charge < -0.3 is 14.7 Å². The lowest BCUT2D eigenvalue weighted by Crippen LogP contribution is -2.35. The fourth-order valence-electron chi connectivity index (χ4n) is 1.41. The molecule has 1 rings (SSSR count). The molecule has 0 radical (unpaired) electrons. The van der Waals surface area contributed by atoms with Gasteiger partial charge in [0.1, 0.15) is 12.0 Å². The summed E-state index contributed by atoms with van der Waals surface area (Å²) in [4.78, 5) is 13.4. The molecule has 0 saturated heterocycles. The summed E-state index contributed by atoms with van der Waals surface area (Å²) in [7, 11) is 3.60. The Hall–Kier alpha value is -1.36. The number of aromatic nitrogens is 1. The average Bonchev–Trinajstić information content (AvgIpc) is 2.69. The van der Waals surface area contributed by atoms with Gasteiger partial charge in [-0.25, -0.2) is 0 Å². The Labute approximate surface area is 89.4 Å². The molecule has 0 saturated carbocycles. The monoisotopic (exact) mass is 211 g/mol. The maximum atomic E-state index is 11.8. The number of rotatable bonds is 5. The van der Waals surface area contributed by atoms with Crippen LogP contribution in [-0.2, 0) is 11.3 Å². The third-order valence-corrected chi connectivity index (χ3v) is 2.20. The van der Waals surface area contributed by atoms with Crippen LogP contribution in [0.5, 0.6) is 0 Å². The van der Waals surface area contributed by atoms with Gasteiger partial charge in [0.2, 0.25) is 5.91 Å². The standard InChI is InChI=1S/C10H17N3O2/c1-8(6-11-2)10(14)13(3)7-9-4-5-15-12-9/h4-5,8,11H,6-7H2,1-3H3. The molecule has 84 valence electrons. The van der Waals surface area contributed by atoms with Gasteiger partial charge in [0.05, 0.1) is 6.54 Å². The van der Waals surface area contributed by atoms with Gasteiger partial charge in [0, 0.05) is 25.6 Å². The molecule has 15 heavy (non-hydrogen) atoms. The van der Waals surface area contributed by atoms with Crippen molar-refractivity contribution in [1.82, 2.24) is 15.4 Å². The highest BCUT2D eigenvalue weighted by Gasteiger charge is 2.17. The van der Waals surface area contributed by atoms with E-state index in [-0.39, 0.29) is 11.8 Å². The Bertz CT molecular complexity index is 298. The van der Waals surface area contributed by atoms with E-state index in [1.165, 1.54) is 6.26 Å². The van der Waals surface area contributed by atoms with Gasteiger partial charge in [-0.3, -0.25) is 4.79 Å². The van der Waals surface area contributed by atoms with Crippen LogP contribution in [0.1, 0.15) is 12.6 Å². The van der Waals surface area contributed by atoms with Gasteiger partial charge in [0.15, 0.2) is 0 Å². The van der Waals surface area contributed by atoms with Crippen molar-refractivity contribution in [3.05, 3.63) is 18.0 Å². The van der Waals surface area contributed by atoms with E-state index in [0.717, 1.165) is 5.69 Å². The first-order chi connectivity index (χ1) is 7.15. The van der Waals surface area contributed by atoms with Gasteiger partial charge in [-0.05, 0) is 7.05 Å². The lowest BCUT2D eigenvalue weighted by Gasteiger charge is -2.19. The number of hydrogen-bond donors (Lipinski definition) is 1. The largest absolute Gasteiger partial charge is 0.364 e. The summed E-state index contributed by atoms with van der Waals surface area (Å²) in [6.07, 6.45) is 1.50. The molecular weight excluding hydrogens is 194 g/mol. The normalized spacial score (nSPS) is 12.5. The molecule has 1 N–H and O–H groups in total. The minimum Gasteiger partial charge on any atom is -0.364 e. The first-order valence-corrected chi connectivity index (χ1v) is 4.94. The van der Waals surface area contributed by atoms with Crippen LogP contribution in [0.15, 0.2) is 16.9 Å². The number of carbonyl (C=O) groups excluding carboxylic acids is 1. The first kappa shape index (κ1) is 11.7. The molecule has 0 aliphatic heterocycles. The highest BCUT2D eigenvalue weighted by atomic mass is 16.5. The van der Waals surface area contributed by atoms with E-state index in [2.05, 4.69) is 10.5 Å². The molecule has 0 aliphatic rings. The molecule has 0 bridgehead atoms. The Morgan fingerprint density at radius 2 is 2.47 bits per heavy atom. The topological polar surface area (TPSA) is 58.4 Å². The number of amides is 1. The van der Waals surface area contributed by atoms with E-state index in [1.54, 1.807) is 18.0 Å². The second-order valence-corrected chi connectivity index (χ2v) is 3.64. The summed E-state index contributed by atoms with van der Waals surface area (Å²) >= 11 is 0. The maximum Gasteiger partial charge on any atom is 0.226 e. The van der Waals surface area contributed by atoms with E-state index in [1.807, 2.05) is 14.0 Å². The van der Waals surface area contributed by atoms with Crippen LogP contribution in [0.4, 0.5) is 0 Å². The second-order valence-electron chi connectivity index (χ2n) is 3.64. The van der Waals surface area contributed by atoms with Crippen molar-refractivity contribution in [3.63, 3.8) is 0 Å². The van der Waals surface area contributed by atoms with Crippen LogP contribution in [0.3, 0.4) is 0 Å². The fourth-order valence-corrected chi connectivity index (χ4v) is 1.41. The fraction of sp³-hybridized carbons (Fsp3) is 0.600. The number of nitrogens with zero attached hydrogens (tertiary/aromatic N) is 2. The predicted octanol–water partition coefficient (Wildman–Crippen LogP) is 0.488. The summed E-state index contributed by atoms with van der Waals surface area (Å²) in [5, 5.41) is 6.74. The summed E-state index contributed by atoms with van der Waals surface area (Å²) in [5.74, 6) is 0.0826. The molecule has 0 fully saturated rings. The molecular formula is C10H17N3O2. The third-order valence-electron chi connectivity index (χ3n) is 2.20. The van der Waals surface area contributed by atoms with Crippen LogP contribution in [0.2, 0.25) is 0 Å². The summed E-state index contributed by atoms with van der Waals surface area (Å²) < 4.78 is 4.70. The highest BCUT2D eigenvalue weighted by Crippen LogP contribution is 2.04. The first-order valence-electron chi connectivity index (χ1n) is 4.94. The van der Waals surface area contributed by atoms with Crippen LogP contribution in [0, 0.1) is 5.92 Å². The van der Waals surface area contributed by atoms with Crippen molar-refractivity contribution >= 4 is 5.91 Å². The van der Waals surface area contributed by atoms with Crippen molar-refractivity contribution in [3.8, 4) is 0 Å². The van der Waals surface area contributed by atoms with E-state index in [4.69, 9.17) is 4.52 Å². The smallest absolute Gasteiger partial charge is 0.226 e. The lowest BCUT2D eigenvalue weighted by molar-refractivity contribution is -0.134. The molecule has 1 amide bonds. The van der Waals surface area contributed by atoms with Crippen molar-refractivity contribution in [2.75, 3.05) is 20.6 Å². The van der Waals surface area contributed by atoms with E-state index >= 15 is 0 Å². The predicted molar refractivity (Wildman–Crippen MR) is 56.1 cm³/mol. The maximum absolute atomic E-state index is 11.8. The Morgan fingerprint density at radius 3 is 3.00 bits per heavy atom. The zero-order valence-electron chi connectivity index (χ0n) is 9.36. The van der Waals surface area contributed by atoms with E-state index in [0.29, 0.717) is 13.1 Å². The lowest BCUT2D eigenvalue weighted by atomic mass is 10.1. The number of nitrogens with one attached hydrogen (secondary N) is 1. The van der Waals surface area contributed by atoms with Crippen LogP contribution in [0.25, 0.3) is 0 Å². The van der Waals surface area contributed by atoms with Crippen molar-refractivity contribution in [1.29, 1.82) is 0 Å². The van der Waals surface area contributed by atoms with E-state index < -0.39 is 0 Å². The van der Waals surface area contributed by atoms with Crippen molar-refractivity contribution in [2.45, 2.75) is 13.5 Å². The number of hydrogen-bond acceptors (Lipinski definition) is 4. The zero-order valence-corrected chi connectivity index (χ0v) is 9.36. The Kier molecular flexibility index (Phi) is 4.30. The molecule has 5 nitrogen and oxygen atoms in total. The van der Waals surface area contributed by atoms with Crippen LogP contribution < -0.4 is 5.32 Å². The van der Waals surface area contributed by atoms with Gasteiger partial charge in [-0.1, -0.05) is 12.1 Å². The van der Waals surface area contributed by atoms with Gasteiger partial charge >= 0.3 is 0 Å². The summed E-state index contributed by atoms with van der Waals surface area (Å²) in [5.41, 5.74) is 0.766. The molecule has 0 aliphatic carbocycles. The molecule has 1 atom stereocenters. The van der Waals surface area contributed by atoms with Gasteiger partial charge in [-0.2, -0.15) is 0 Å². The Balaban J connectivity index is 2.46. The molecule has 1 aromatic rings.